The molecule has 2 atom stereocenters. The van der Waals surface area contributed by atoms with E-state index in [9.17, 15) is 0 Å². The number of likely N-dealkylation sites (tertiary alicyclic amines) is 1. The second-order valence-corrected chi connectivity index (χ2v) is 5.07. The quantitative estimate of drug-likeness (QED) is 0.709. The molecule has 0 radical (unpaired) electrons. The van der Waals surface area contributed by atoms with E-state index < -0.39 is 0 Å². The van der Waals surface area contributed by atoms with Gasteiger partial charge in [0.15, 0.2) is 0 Å². The third kappa shape index (κ3) is 2.23. The lowest BCUT2D eigenvalue weighted by Crippen LogP contribution is -2.57. The van der Waals surface area contributed by atoms with Crippen LogP contribution in [0.3, 0.4) is 0 Å². The Hall–Kier alpha value is -0.0800. The summed E-state index contributed by atoms with van der Waals surface area (Å²) in [4.78, 5) is 2.57. The first-order valence-electron chi connectivity index (χ1n) is 5.46. The molecule has 1 aliphatic heterocycles. The van der Waals surface area contributed by atoms with Crippen molar-refractivity contribution in [2.45, 2.75) is 52.1 Å². The fourth-order valence-electron chi connectivity index (χ4n) is 2.31. The smallest absolute Gasteiger partial charge is 0.0278 e. The summed E-state index contributed by atoms with van der Waals surface area (Å²) in [6, 6.07) is 0.687. The summed E-state index contributed by atoms with van der Waals surface area (Å²) in [6.45, 7) is 11.2. The van der Waals surface area contributed by atoms with Gasteiger partial charge in [0.1, 0.15) is 0 Å². The van der Waals surface area contributed by atoms with Crippen molar-refractivity contribution in [2.75, 3.05) is 13.1 Å². The van der Waals surface area contributed by atoms with Gasteiger partial charge in [-0.2, -0.15) is 0 Å². The van der Waals surface area contributed by atoms with Crippen LogP contribution in [0.5, 0.6) is 0 Å². The summed E-state index contributed by atoms with van der Waals surface area (Å²) in [6.07, 6.45) is 2.70. The number of hydrogen-bond acceptors (Lipinski definition) is 2. The molecule has 2 N–H and O–H groups in total. The maximum absolute atomic E-state index is 5.80. The molecule has 0 bridgehead atoms. The molecule has 0 aromatic heterocycles. The minimum Gasteiger partial charge on any atom is -0.329 e. The van der Waals surface area contributed by atoms with Gasteiger partial charge in [-0.3, -0.25) is 4.90 Å². The number of rotatable bonds is 2. The van der Waals surface area contributed by atoms with Crippen LogP contribution in [0.2, 0.25) is 0 Å². The first-order valence-corrected chi connectivity index (χ1v) is 5.46. The van der Waals surface area contributed by atoms with Crippen molar-refractivity contribution in [3.63, 3.8) is 0 Å². The molecule has 1 rings (SSSR count). The average molecular weight is 184 g/mol. The van der Waals surface area contributed by atoms with Crippen LogP contribution in [-0.4, -0.2) is 29.6 Å². The Labute approximate surface area is 82.5 Å². The molecule has 1 aliphatic rings. The van der Waals surface area contributed by atoms with E-state index in [1.165, 1.54) is 19.4 Å². The van der Waals surface area contributed by atoms with E-state index >= 15 is 0 Å². The van der Waals surface area contributed by atoms with Crippen LogP contribution >= 0.6 is 0 Å². The zero-order chi connectivity index (χ0) is 10.1. The van der Waals surface area contributed by atoms with Gasteiger partial charge in [-0.25, -0.2) is 0 Å². The lowest BCUT2D eigenvalue weighted by molar-refractivity contribution is 0.0252. The highest BCUT2D eigenvalue weighted by Crippen LogP contribution is 2.28. The highest BCUT2D eigenvalue weighted by Gasteiger charge is 2.33. The van der Waals surface area contributed by atoms with Crippen molar-refractivity contribution < 1.29 is 0 Å². The Morgan fingerprint density at radius 2 is 2.00 bits per heavy atom. The minimum absolute atomic E-state index is 0.175. The molecule has 78 valence electrons. The molecular weight excluding hydrogens is 160 g/mol. The second kappa shape index (κ2) is 3.97. The van der Waals surface area contributed by atoms with E-state index in [4.69, 9.17) is 5.73 Å². The van der Waals surface area contributed by atoms with Crippen molar-refractivity contribution >= 4 is 0 Å². The average Bonchev–Trinajstić information content (AvgIpc) is 2.09. The van der Waals surface area contributed by atoms with Crippen molar-refractivity contribution in [3.8, 4) is 0 Å². The highest BCUT2D eigenvalue weighted by atomic mass is 15.2. The molecule has 0 aromatic carbocycles. The monoisotopic (exact) mass is 184 g/mol. The Kier molecular flexibility index (Phi) is 3.36. The summed E-state index contributed by atoms with van der Waals surface area (Å²) in [5.41, 5.74) is 5.98. The molecule has 0 saturated carbocycles. The normalized spacial score (nSPS) is 32.1. The molecule has 2 heteroatoms. The maximum Gasteiger partial charge on any atom is 0.0278 e. The van der Waals surface area contributed by atoms with Crippen molar-refractivity contribution in [3.05, 3.63) is 0 Å². The van der Waals surface area contributed by atoms with Gasteiger partial charge in [-0.05, 0) is 46.1 Å². The SMILES string of the molecule is CC1CCCN(C(C)(C)CN)C1C. The van der Waals surface area contributed by atoms with Gasteiger partial charge < -0.3 is 5.73 Å². The first-order chi connectivity index (χ1) is 5.99. The van der Waals surface area contributed by atoms with E-state index in [1.54, 1.807) is 0 Å². The van der Waals surface area contributed by atoms with Crippen LogP contribution in [0.25, 0.3) is 0 Å². The van der Waals surface area contributed by atoms with E-state index in [0.717, 1.165) is 12.5 Å². The summed E-state index contributed by atoms with van der Waals surface area (Å²) in [5.74, 6) is 0.819. The number of nitrogens with zero attached hydrogens (tertiary/aromatic N) is 1. The van der Waals surface area contributed by atoms with Gasteiger partial charge in [0.05, 0.1) is 0 Å². The Balaban J connectivity index is 2.67. The predicted octanol–water partition coefficient (Wildman–Crippen LogP) is 1.84. The molecule has 0 amide bonds. The summed E-state index contributed by atoms with van der Waals surface area (Å²) >= 11 is 0. The predicted molar refractivity (Wildman–Crippen MR) is 57.7 cm³/mol. The lowest BCUT2D eigenvalue weighted by Gasteiger charge is -2.47. The molecule has 2 nitrogen and oxygen atoms in total. The van der Waals surface area contributed by atoms with E-state index in [-0.39, 0.29) is 5.54 Å². The van der Waals surface area contributed by atoms with Gasteiger partial charge in [0, 0.05) is 18.1 Å². The Morgan fingerprint density at radius 3 is 2.54 bits per heavy atom. The van der Waals surface area contributed by atoms with Crippen molar-refractivity contribution in [2.24, 2.45) is 11.7 Å². The van der Waals surface area contributed by atoms with Crippen LogP contribution in [-0.2, 0) is 0 Å². The van der Waals surface area contributed by atoms with E-state index in [2.05, 4.69) is 32.6 Å². The third-order valence-electron chi connectivity index (χ3n) is 3.65. The zero-order valence-corrected chi connectivity index (χ0v) is 9.51. The summed E-state index contributed by atoms with van der Waals surface area (Å²) < 4.78 is 0. The fourth-order valence-corrected chi connectivity index (χ4v) is 2.31. The van der Waals surface area contributed by atoms with E-state index in [0.29, 0.717) is 6.04 Å². The van der Waals surface area contributed by atoms with Crippen molar-refractivity contribution in [1.82, 2.24) is 4.90 Å². The minimum atomic E-state index is 0.175. The number of hydrogen-bond donors (Lipinski definition) is 1. The highest BCUT2D eigenvalue weighted by molar-refractivity contribution is 4.90. The van der Waals surface area contributed by atoms with Crippen LogP contribution in [0.4, 0.5) is 0 Å². The lowest BCUT2D eigenvalue weighted by atomic mass is 9.87. The molecule has 0 spiro atoms. The maximum atomic E-state index is 5.80. The second-order valence-electron chi connectivity index (χ2n) is 5.07. The molecule has 0 aliphatic carbocycles. The third-order valence-corrected chi connectivity index (χ3v) is 3.65. The molecule has 1 fully saturated rings. The van der Waals surface area contributed by atoms with Gasteiger partial charge in [0.2, 0.25) is 0 Å². The van der Waals surface area contributed by atoms with Crippen LogP contribution in [0.15, 0.2) is 0 Å². The molecule has 1 heterocycles. The van der Waals surface area contributed by atoms with Crippen molar-refractivity contribution in [1.29, 1.82) is 0 Å². The largest absolute Gasteiger partial charge is 0.329 e. The fraction of sp³-hybridized carbons (Fsp3) is 1.00. The van der Waals surface area contributed by atoms with Gasteiger partial charge >= 0.3 is 0 Å². The van der Waals surface area contributed by atoms with Gasteiger partial charge in [-0.1, -0.05) is 6.92 Å². The summed E-state index contributed by atoms with van der Waals surface area (Å²) in [5, 5.41) is 0. The zero-order valence-electron chi connectivity index (χ0n) is 9.51. The summed E-state index contributed by atoms with van der Waals surface area (Å²) in [7, 11) is 0. The van der Waals surface area contributed by atoms with Crippen LogP contribution < -0.4 is 5.73 Å². The molecular formula is C11H24N2. The molecule has 0 aromatic rings. The van der Waals surface area contributed by atoms with Crippen LogP contribution in [0.1, 0.15) is 40.5 Å². The number of piperidine rings is 1. The van der Waals surface area contributed by atoms with E-state index in [1.807, 2.05) is 0 Å². The standard InChI is InChI=1S/C11H24N2/c1-9-6-5-7-13(10(9)2)11(3,4)8-12/h9-10H,5-8,12H2,1-4H3. The molecule has 1 saturated heterocycles. The Bertz CT molecular complexity index is 165. The molecule has 2 unspecified atom stereocenters. The van der Waals surface area contributed by atoms with Gasteiger partial charge in [0.25, 0.3) is 0 Å². The number of nitrogens with two attached hydrogens (primary N) is 1. The van der Waals surface area contributed by atoms with Crippen LogP contribution in [0, 0.1) is 5.92 Å². The Morgan fingerprint density at radius 1 is 1.38 bits per heavy atom. The molecule has 13 heavy (non-hydrogen) atoms. The topological polar surface area (TPSA) is 29.3 Å². The van der Waals surface area contributed by atoms with Gasteiger partial charge in [-0.15, -0.1) is 0 Å². The first kappa shape index (κ1) is 11.0.